The molecule has 0 saturated heterocycles. The van der Waals surface area contributed by atoms with E-state index in [4.69, 9.17) is 5.11 Å². The molecule has 0 fully saturated rings. The molecule has 1 aromatic carbocycles. The topological polar surface area (TPSA) is 63.1 Å². The molecule has 4 nitrogen and oxygen atoms in total. The van der Waals surface area contributed by atoms with E-state index in [1.54, 1.807) is 6.07 Å². The summed E-state index contributed by atoms with van der Waals surface area (Å²) in [6, 6.07) is 4.13. The maximum Gasteiger partial charge on any atom is 0.316 e. The van der Waals surface area contributed by atoms with Crippen molar-refractivity contribution in [1.82, 2.24) is 9.97 Å². The molecule has 0 aliphatic rings. The van der Waals surface area contributed by atoms with Gasteiger partial charge < -0.3 is 5.11 Å². The summed E-state index contributed by atoms with van der Waals surface area (Å²) >= 11 is 0. The molecule has 0 aliphatic heterocycles. The molecule has 88 valence electrons. The largest absolute Gasteiger partial charge is 0.481 e. The van der Waals surface area contributed by atoms with Gasteiger partial charge in [0.05, 0.1) is 5.52 Å². The van der Waals surface area contributed by atoms with E-state index in [1.807, 2.05) is 0 Å². The smallest absolute Gasteiger partial charge is 0.316 e. The van der Waals surface area contributed by atoms with Crippen LogP contribution in [0.4, 0.5) is 4.39 Å². The Bertz CT molecular complexity index is 596. The van der Waals surface area contributed by atoms with Crippen LogP contribution in [0.2, 0.25) is 0 Å². The normalized spacial score (nSPS) is 11.7. The highest BCUT2D eigenvalue weighted by Crippen LogP contribution is 2.22. The van der Waals surface area contributed by atoms with Crippen molar-refractivity contribution < 1.29 is 14.3 Å². The van der Waals surface area contributed by atoms with Gasteiger partial charge in [0, 0.05) is 17.6 Å². The lowest BCUT2D eigenvalue weighted by molar-refractivity contribution is -0.142. The number of hydrogen-bond donors (Lipinski definition) is 1. The van der Waals surface area contributed by atoms with Crippen molar-refractivity contribution in [3.8, 4) is 0 Å². The van der Waals surface area contributed by atoms with Crippen LogP contribution in [0, 0.1) is 5.82 Å². The van der Waals surface area contributed by atoms with E-state index in [0.29, 0.717) is 10.9 Å². The molecule has 0 atom stereocenters. The molecule has 0 bridgehead atoms. The van der Waals surface area contributed by atoms with Gasteiger partial charge in [-0.1, -0.05) is 0 Å². The Morgan fingerprint density at radius 1 is 1.41 bits per heavy atom. The first-order valence-corrected chi connectivity index (χ1v) is 5.07. The SMILES string of the molecule is CC(C)(C(=O)O)c1ncc2ccc(F)cc2n1. The number of aromatic nitrogens is 2. The van der Waals surface area contributed by atoms with Crippen LogP contribution in [0.25, 0.3) is 10.9 Å². The van der Waals surface area contributed by atoms with Crippen molar-refractivity contribution in [3.05, 3.63) is 36.0 Å². The maximum absolute atomic E-state index is 13.0. The summed E-state index contributed by atoms with van der Waals surface area (Å²) in [6.45, 7) is 3.02. The zero-order chi connectivity index (χ0) is 12.6. The van der Waals surface area contributed by atoms with E-state index >= 15 is 0 Å². The molecule has 1 N–H and O–H groups in total. The molecule has 17 heavy (non-hydrogen) atoms. The molecule has 2 aromatic rings. The third-order valence-electron chi connectivity index (χ3n) is 2.64. The molecular weight excluding hydrogens is 223 g/mol. The van der Waals surface area contributed by atoms with Gasteiger partial charge in [0.1, 0.15) is 17.1 Å². The van der Waals surface area contributed by atoms with Crippen molar-refractivity contribution in [1.29, 1.82) is 0 Å². The van der Waals surface area contributed by atoms with Crippen LogP contribution in [0.3, 0.4) is 0 Å². The lowest BCUT2D eigenvalue weighted by Gasteiger charge is -2.17. The number of rotatable bonds is 2. The van der Waals surface area contributed by atoms with Gasteiger partial charge in [-0.3, -0.25) is 4.79 Å². The number of fused-ring (bicyclic) bond motifs is 1. The average Bonchev–Trinajstić information content (AvgIpc) is 2.27. The van der Waals surface area contributed by atoms with Gasteiger partial charge >= 0.3 is 5.97 Å². The standard InChI is InChI=1S/C12H11FN2O2/c1-12(2,11(16)17)10-14-6-7-3-4-8(13)5-9(7)15-10/h3-6H,1-2H3,(H,16,17). The molecule has 1 aromatic heterocycles. The van der Waals surface area contributed by atoms with Gasteiger partial charge in [-0.15, -0.1) is 0 Å². The minimum absolute atomic E-state index is 0.170. The molecule has 1 heterocycles. The van der Waals surface area contributed by atoms with Gasteiger partial charge in [-0.2, -0.15) is 0 Å². The Labute approximate surface area is 97.1 Å². The van der Waals surface area contributed by atoms with Crippen LogP contribution < -0.4 is 0 Å². The lowest BCUT2D eigenvalue weighted by Crippen LogP contribution is -2.30. The first-order chi connectivity index (χ1) is 7.91. The number of hydrogen-bond acceptors (Lipinski definition) is 3. The second-order valence-corrected chi connectivity index (χ2v) is 4.33. The van der Waals surface area contributed by atoms with Crippen LogP contribution >= 0.6 is 0 Å². The summed E-state index contributed by atoms with van der Waals surface area (Å²) in [6.07, 6.45) is 1.50. The fraction of sp³-hybridized carbons (Fsp3) is 0.250. The maximum atomic E-state index is 13.0. The van der Waals surface area contributed by atoms with Crippen LogP contribution in [-0.2, 0) is 10.2 Å². The zero-order valence-electron chi connectivity index (χ0n) is 9.44. The zero-order valence-corrected chi connectivity index (χ0v) is 9.44. The van der Waals surface area contributed by atoms with Crippen molar-refractivity contribution in [2.24, 2.45) is 0 Å². The van der Waals surface area contributed by atoms with Crippen LogP contribution in [0.15, 0.2) is 24.4 Å². The Kier molecular flexibility index (Phi) is 2.53. The molecule has 0 amide bonds. The van der Waals surface area contributed by atoms with Gasteiger partial charge in [-0.25, -0.2) is 14.4 Å². The van der Waals surface area contributed by atoms with Crippen molar-refractivity contribution >= 4 is 16.9 Å². The van der Waals surface area contributed by atoms with Crippen LogP contribution in [0.5, 0.6) is 0 Å². The Hall–Kier alpha value is -2.04. The lowest BCUT2D eigenvalue weighted by atomic mass is 9.92. The molecule has 0 saturated carbocycles. The van der Waals surface area contributed by atoms with Crippen LogP contribution in [-0.4, -0.2) is 21.0 Å². The van der Waals surface area contributed by atoms with Crippen molar-refractivity contribution in [2.75, 3.05) is 0 Å². The molecule has 0 spiro atoms. The number of benzene rings is 1. The highest BCUT2D eigenvalue weighted by Gasteiger charge is 2.32. The summed E-state index contributed by atoms with van der Waals surface area (Å²) in [4.78, 5) is 19.2. The third kappa shape index (κ3) is 1.95. The van der Waals surface area contributed by atoms with Gasteiger partial charge in [0.2, 0.25) is 0 Å². The van der Waals surface area contributed by atoms with Crippen LogP contribution in [0.1, 0.15) is 19.7 Å². The summed E-state index contributed by atoms with van der Waals surface area (Å²) in [5, 5.41) is 9.74. The highest BCUT2D eigenvalue weighted by atomic mass is 19.1. The van der Waals surface area contributed by atoms with Crippen molar-refractivity contribution in [3.63, 3.8) is 0 Å². The predicted octanol–water partition coefficient (Wildman–Crippen LogP) is 2.13. The van der Waals surface area contributed by atoms with Gasteiger partial charge in [-0.05, 0) is 26.0 Å². The Morgan fingerprint density at radius 3 is 2.76 bits per heavy atom. The second-order valence-electron chi connectivity index (χ2n) is 4.33. The Balaban J connectivity index is 2.62. The van der Waals surface area contributed by atoms with E-state index in [1.165, 1.54) is 32.2 Å². The average molecular weight is 234 g/mol. The molecule has 2 rings (SSSR count). The third-order valence-corrected chi connectivity index (χ3v) is 2.64. The minimum atomic E-state index is -1.19. The first kappa shape index (κ1) is 11.4. The monoisotopic (exact) mass is 234 g/mol. The first-order valence-electron chi connectivity index (χ1n) is 5.07. The molecular formula is C12H11FN2O2. The fourth-order valence-electron chi connectivity index (χ4n) is 1.39. The Morgan fingerprint density at radius 2 is 2.12 bits per heavy atom. The number of nitrogens with zero attached hydrogens (tertiary/aromatic N) is 2. The highest BCUT2D eigenvalue weighted by molar-refractivity contribution is 5.81. The summed E-state index contributed by atoms with van der Waals surface area (Å²) in [5.41, 5.74) is -0.787. The van der Waals surface area contributed by atoms with Gasteiger partial charge in [0.15, 0.2) is 0 Å². The molecule has 5 heteroatoms. The molecule has 0 radical (unpaired) electrons. The van der Waals surface area contributed by atoms with Gasteiger partial charge in [0.25, 0.3) is 0 Å². The predicted molar refractivity (Wildman–Crippen MR) is 60.2 cm³/mol. The van der Waals surface area contributed by atoms with E-state index in [9.17, 15) is 9.18 Å². The second kappa shape index (κ2) is 3.76. The number of carboxylic acids is 1. The fourth-order valence-corrected chi connectivity index (χ4v) is 1.39. The van der Waals surface area contributed by atoms with E-state index < -0.39 is 17.2 Å². The minimum Gasteiger partial charge on any atom is -0.481 e. The number of aliphatic carboxylic acids is 1. The quantitative estimate of drug-likeness (QED) is 0.864. The van der Waals surface area contributed by atoms with E-state index in [0.717, 1.165) is 0 Å². The number of carboxylic acid groups (broad SMARTS) is 1. The number of halogens is 1. The number of carbonyl (C=O) groups is 1. The molecule has 0 unspecified atom stereocenters. The molecule has 0 aliphatic carbocycles. The summed E-state index contributed by atoms with van der Waals surface area (Å²) in [7, 11) is 0. The summed E-state index contributed by atoms with van der Waals surface area (Å²) < 4.78 is 13.0. The van der Waals surface area contributed by atoms with E-state index in [-0.39, 0.29) is 5.82 Å². The van der Waals surface area contributed by atoms with Crippen molar-refractivity contribution in [2.45, 2.75) is 19.3 Å². The summed E-state index contributed by atoms with van der Waals surface area (Å²) in [5.74, 6) is -1.26. The van der Waals surface area contributed by atoms with E-state index in [2.05, 4.69) is 9.97 Å².